The predicted molar refractivity (Wildman–Crippen MR) is 145 cm³/mol. The van der Waals surface area contributed by atoms with Crippen molar-refractivity contribution in [2.45, 2.75) is 150 Å². The molecule has 0 aromatic carbocycles. The second-order valence-electron chi connectivity index (χ2n) is 9.92. The Morgan fingerprint density at radius 3 is 1.72 bits per heavy atom. The zero-order valence-electron chi connectivity index (χ0n) is 23.2. The topological polar surface area (TPSA) is 85.7 Å². The van der Waals surface area contributed by atoms with Crippen molar-refractivity contribution in [3.63, 3.8) is 0 Å². The third kappa shape index (κ3) is 14.6. The molecule has 1 rings (SSSR count). The normalized spacial score (nSPS) is 11.0. The van der Waals surface area contributed by atoms with Gasteiger partial charge in [-0.2, -0.15) is 0 Å². The van der Waals surface area contributed by atoms with E-state index in [2.05, 4.69) is 18.8 Å². The molecule has 206 valence electrons. The number of aliphatic hydroxyl groups excluding tert-OH is 1. The van der Waals surface area contributed by atoms with Gasteiger partial charge >= 0.3 is 11.9 Å². The van der Waals surface area contributed by atoms with Crippen LogP contribution in [0.25, 0.3) is 0 Å². The first-order valence-corrected chi connectivity index (χ1v) is 14.5. The molecule has 0 bridgehead atoms. The minimum Gasteiger partial charge on any atom is -0.461 e. The molecule has 0 radical (unpaired) electrons. The molecule has 6 nitrogen and oxygen atoms in total. The Bertz CT molecular complexity index is 734. The molecule has 0 atom stereocenters. The number of aryl methyl sites for hydroxylation is 1. The average molecular weight is 506 g/mol. The van der Waals surface area contributed by atoms with Crippen LogP contribution in [0, 0.1) is 6.92 Å². The SMILES string of the molecule is CCCCCCCCCCC(=O)OCc1c(CO)cnc(C)c1OC(=O)CCCCCCCCCC. The first-order valence-electron chi connectivity index (χ1n) is 14.5. The molecule has 6 heteroatoms. The highest BCUT2D eigenvalue weighted by molar-refractivity contribution is 5.73. The van der Waals surface area contributed by atoms with E-state index in [1.54, 1.807) is 13.1 Å². The van der Waals surface area contributed by atoms with Gasteiger partial charge in [0.05, 0.1) is 12.3 Å². The number of hydrogen-bond donors (Lipinski definition) is 1. The Balaban J connectivity index is 2.46. The molecule has 0 unspecified atom stereocenters. The van der Waals surface area contributed by atoms with Crippen LogP contribution >= 0.6 is 0 Å². The molecule has 0 fully saturated rings. The number of hydrogen-bond acceptors (Lipinski definition) is 6. The lowest BCUT2D eigenvalue weighted by Gasteiger charge is -2.16. The number of carbonyl (C=O) groups is 2. The number of aliphatic hydroxyl groups is 1. The highest BCUT2D eigenvalue weighted by Crippen LogP contribution is 2.27. The van der Waals surface area contributed by atoms with Crippen molar-refractivity contribution in [1.82, 2.24) is 4.98 Å². The summed E-state index contributed by atoms with van der Waals surface area (Å²) in [7, 11) is 0. The van der Waals surface area contributed by atoms with E-state index in [1.165, 1.54) is 64.2 Å². The standard InChI is InChI=1S/C30H51NO5/c1-4-6-8-10-12-14-16-18-20-28(33)35-24-27-26(23-32)22-31-25(3)30(27)36-29(34)21-19-17-15-13-11-9-7-5-2/h22,32H,4-21,23-24H2,1-3H3. The van der Waals surface area contributed by atoms with Crippen LogP contribution in [0.15, 0.2) is 6.20 Å². The second-order valence-corrected chi connectivity index (χ2v) is 9.92. The van der Waals surface area contributed by atoms with E-state index in [1.807, 2.05) is 0 Å². The summed E-state index contributed by atoms with van der Waals surface area (Å²) in [4.78, 5) is 29.0. The van der Waals surface area contributed by atoms with E-state index >= 15 is 0 Å². The molecule has 36 heavy (non-hydrogen) atoms. The summed E-state index contributed by atoms with van der Waals surface area (Å²) >= 11 is 0. The summed E-state index contributed by atoms with van der Waals surface area (Å²) in [6.45, 7) is 5.89. The van der Waals surface area contributed by atoms with Crippen LogP contribution in [-0.4, -0.2) is 22.0 Å². The zero-order valence-corrected chi connectivity index (χ0v) is 23.2. The maximum Gasteiger partial charge on any atom is 0.311 e. The third-order valence-corrected chi connectivity index (χ3v) is 6.64. The molecule has 0 amide bonds. The molecule has 0 aliphatic heterocycles. The van der Waals surface area contributed by atoms with Crippen molar-refractivity contribution in [2.24, 2.45) is 0 Å². The quantitative estimate of drug-likeness (QED) is 0.127. The molecule has 1 aromatic rings. The molecule has 0 spiro atoms. The van der Waals surface area contributed by atoms with Gasteiger partial charge in [0.25, 0.3) is 0 Å². The van der Waals surface area contributed by atoms with Crippen molar-refractivity contribution in [3.05, 3.63) is 23.0 Å². The van der Waals surface area contributed by atoms with Crippen LogP contribution in [0.2, 0.25) is 0 Å². The molecular weight excluding hydrogens is 454 g/mol. The van der Waals surface area contributed by atoms with Crippen LogP contribution in [0.3, 0.4) is 0 Å². The highest BCUT2D eigenvalue weighted by atomic mass is 16.5. The number of carbonyl (C=O) groups excluding carboxylic acids is 2. The molecule has 1 N–H and O–H groups in total. The van der Waals surface area contributed by atoms with Gasteiger partial charge in [0.1, 0.15) is 6.61 Å². The molecule has 0 aliphatic rings. The maximum absolute atomic E-state index is 12.5. The minimum absolute atomic E-state index is 0.0323. The molecule has 1 heterocycles. The van der Waals surface area contributed by atoms with Gasteiger partial charge in [0, 0.05) is 30.2 Å². The fraction of sp³-hybridized carbons (Fsp3) is 0.767. The van der Waals surface area contributed by atoms with Crippen LogP contribution in [0.4, 0.5) is 0 Å². The van der Waals surface area contributed by atoms with Gasteiger partial charge in [-0.1, -0.05) is 104 Å². The average Bonchev–Trinajstić information content (AvgIpc) is 2.87. The monoisotopic (exact) mass is 505 g/mol. The van der Waals surface area contributed by atoms with Crippen molar-refractivity contribution < 1.29 is 24.2 Å². The second kappa shape index (κ2) is 21.2. The lowest BCUT2D eigenvalue weighted by Crippen LogP contribution is -2.14. The number of esters is 2. The number of rotatable bonds is 22. The highest BCUT2D eigenvalue weighted by Gasteiger charge is 2.18. The Morgan fingerprint density at radius 2 is 1.22 bits per heavy atom. The van der Waals surface area contributed by atoms with Crippen molar-refractivity contribution in [1.29, 1.82) is 0 Å². The number of aromatic nitrogens is 1. The van der Waals surface area contributed by atoms with E-state index in [-0.39, 0.29) is 25.2 Å². The largest absolute Gasteiger partial charge is 0.461 e. The van der Waals surface area contributed by atoms with Crippen LogP contribution in [0.1, 0.15) is 146 Å². The van der Waals surface area contributed by atoms with Gasteiger partial charge in [-0.3, -0.25) is 14.6 Å². The summed E-state index contributed by atoms with van der Waals surface area (Å²) in [6, 6.07) is 0. The van der Waals surface area contributed by atoms with Crippen molar-refractivity contribution >= 4 is 11.9 Å². The molecule has 0 saturated heterocycles. The number of ether oxygens (including phenoxy) is 2. The van der Waals surface area contributed by atoms with Crippen molar-refractivity contribution in [3.8, 4) is 5.75 Å². The molecular formula is C30H51NO5. The van der Waals surface area contributed by atoms with Gasteiger partial charge < -0.3 is 14.6 Å². The molecule has 1 aromatic heterocycles. The summed E-state index contributed by atoms with van der Waals surface area (Å²) < 4.78 is 11.2. The fourth-order valence-corrected chi connectivity index (χ4v) is 4.30. The van der Waals surface area contributed by atoms with E-state index in [4.69, 9.17) is 9.47 Å². The zero-order chi connectivity index (χ0) is 26.4. The van der Waals surface area contributed by atoms with E-state index in [0.717, 1.165) is 38.5 Å². The Kier molecular flexibility index (Phi) is 18.9. The van der Waals surface area contributed by atoms with Crippen LogP contribution in [-0.2, 0) is 27.5 Å². The van der Waals surface area contributed by atoms with E-state index in [9.17, 15) is 14.7 Å². The van der Waals surface area contributed by atoms with Crippen molar-refractivity contribution in [2.75, 3.05) is 0 Å². The smallest absolute Gasteiger partial charge is 0.311 e. The lowest BCUT2D eigenvalue weighted by molar-refractivity contribution is -0.145. The first-order chi connectivity index (χ1) is 17.5. The number of nitrogens with zero attached hydrogens (tertiary/aromatic N) is 1. The summed E-state index contributed by atoms with van der Waals surface area (Å²) in [5.74, 6) is -0.269. The Labute approximate surface area is 219 Å². The summed E-state index contributed by atoms with van der Waals surface area (Å²) in [5.41, 5.74) is 1.58. The van der Waals surface area contributed by atoms with Gasteiger partial charge in [0.15, 0.2) is 5.75 Å². The minimum atomic E-state index is -0.313. The van der Waals surface area contributed by atoms with Gasteiger partial charge in [0.2, 0.25) is 0 Å². The maximum atomic E-state index is 12.5. The van der Waals surface area contributed by atoms with E-state index in [0.29, 0.717) is 35.4 Å². The van der Waals surface area contributed by atoms with Crippen LogP contribution < -0.4 is 4.74 Å². The Hall–Kier alpha value is -1.95. The van der Waals surface area contributed by atoms with E-state index < -0.39 is 0 Å². The summed E-state index contributed by atoms with van der Waals surface area (Å²) in [6.07, 6.45) is 20.8. The predicted octanol–water partition coefficient (Wildman–Crippen LogP) is 7.89. The number of unbranched alkanes of at least 4 members (excludes halogenated alkanes) is 14. The fourth-order valence-electron chi connectivity index (χ4n) is 4.30. The van der Waals surface area contributed by atoms with Gasteiger partial charge in [-0.05, 0) is 19.8 Å². The Morgan fingerprint density at radius 1 is 0.750 bits per heavy atom. The molecule has 0 aliphatic carbocycles. The molecule has 0 saturated carbocycles. The summed E-state index contributed by atoms with van der Waals surface area (Å²) in [5, 5.41) is 9.77. The number of pyridine rings is 1. The first kappa shape index (κ1) is 32.1. The third-order valence-electron chi connectivity index (χ3n) is 6.64. The lowest BCUT2D eigenvalue weighted by atomic mass is 10.1. The van der Waals surface area contributed by atoms with Gasteiger partial charge in [-0.25, -0.2) is 0 Å². The van der Waals surface area contributed by atoms with Gasteiger partial charge in [-0.15, -0.1) is 0 Å². The van der Waals surface area contributed by atoms with Crippen LogP contribution in [0.5, 0.6) is 5.75 Å².